The summed E-state index contributed by atoms with van der Waals surface area (Å²) in [6, 6.07) is 8.47. The Kier molecular flexibility index (Phi) is 4.13. The second-order valence-corrected chi connectivity index (χ2v) is 6.00. The van der Waals surface area contributed by atoms with Crippen LogP contribution < -0.4 is 4.74 Å². The Bertz CT molecular complexity index is 377. The van der Waals surface area contributed by atoms with Gasteiger partial charge in [0, 0.05) is 16.8 Å². The van der Waals surface area contributed by atoms with Crippen molar-refractivity contribution in [3.05, 3.63) is 29.8 Å². The Morgan fingerprint density at radius 3 is 2.88 bits per heavy atom. The van der Waals surface area contributed by atoms with Crippen molar-refractivity contribution in [2.75, 3.05) is 11.9 Å². The van der Waals surface area contributed by atoms with Gasteiger partial charge in [0.1, 0.15) is 5.75 Å². The number of para-hydroxylation sites is 1. The predicted octanol–water partition coefficient (Wildman–Crippen LogP) is 4.75. The van der Waals surface area contributed by atoms with E-state index >= 15 is 0 Å². The van der Waals surface area contributed by atoms with E-state index in [4.69, 9.17) is 4.74 Å². The maximum absolute atomic E-state index is 5.76. The molecular formula is C15H21BrO. The molecule has 0 bridgehead atoms. The van der Waals surface area contributed by atoms with E-state index in [1.165, 1.54) is 24.8 Å². The van der Waals surface area contributed by atoms with Crippen molar-refractivity contribution < 1.29 is 4.74 Å². The summed E-state index contributed by atoms with van der Waals surface area (Å²) in [6.45, 7) is 5.50. The van der Waals surface area contributed by atoms with E-state index in [1.807, 2.05) is 0 Å². The molecule has 2 unspecified atom stereocenters. The summed E-state index contributed by atoms with van der Waals surface area (Å²) in [4.78, 5) is 0. The summed E-state index contributed by atoms with van der Waals surface area (Å²) in [6.07, 6.45) is 3.73. The summed E-state index contributed by atoms with van der Waals surface area (Å²) in [5.41, 5.74) is 1.79. The number of halogens is 1. The number of ether oxygens (including phenoxy) is 1. The highest BCUT2D eigenvalue weighted by atomic mass is 79.9. The number of hydrogen-bond donors (Lipinski definition) is 0. The maximum Gasteiger partial charge on any atom is 0.122 e. The average Bonchev–Trinajstić information content (AvgIpc) is 2.73. The molecule has 1 aromatic rings. The molecule has 0 aliphatic carbocycles. The van der Waals surface area contributed by atoms with Gasteiger partial charge in [0.05, 0.1) is 6.61 Å². The van der Waals surface area contributed by atoms with Crippen LogP contribution in [0, 0.1) is 5.41 Å². The highest BCUT2D eigenvalue weighted by Crippen LogP contribution is 2.43. The predicted molar refractivity (Wildman–Crippen MR) is 76.1 cm³/mol. The summed E-state index contributed by atoms with van der Waals surface area (Å²) >= 11 is 3.68. The number of benzene rings is 1. The number of alkyl halides is 1. The molecule has 1 nitrogen and oxygen atoms in total. The van der Waals surface area contributed by atoms with Crippen molar-refractivity contribution >= 4 is 15.9 Å². The van der Waals surface area contributed by atoms with E-state index in [0.29, 0.717) is 11.3 Å². The highest BCUT2D eigenvalue weighted by molar-refractivity contribution is 9.09. The quantitative estimate of drug-likeness (QED) is 0.712. The molecule has 17 heavy (non-hydrogen) atoms. The lowest BCUT2D eigenvalue weighted by Crippen LogP contribution is -2.22. The molecule has 94 valence electrons. The van der Waals surface area contributed by atoms with Gasteiger partial charge in [-0.25, -0.2) is 0 Å². The molecule has 2 atom stereocenters. The van der Waals surface area contributed by atoms with Gasteiger partial charge in [0.15, 0.2) is 0 Å². The van der Waals surface area contributed by atoms with Crippen LogP contribution in [0.3, 0.4) is 0 Å². The molecule has 0 saturated heterocycles. The van der Waals surface area contributed by atoms with E-state index in [9.17, 15) is 0 Å². The second kappa shape index (κ2) is 5.43. The third-order valence-corrected chi connectivity index (χ3v) is 5.07. The largest absolute Gasteiger partial charge is 0.493 e. The summed E-state index contributed by atoms with van der Waals surface area (Å²) in [5, 5.41) is 1.08. The summed E-state index contributed by atoms with van der Waals surface area (Å²) in [5.74, 6) is 1.66. The highest BCUT2D eigenvalue weighted by Gasteiger charge is 2.31. The third kappa shape index (κ3) is 2.85. The molecule has 0 aromatic heterocycles. The van der Waals surface area contributed by atoms with Crippen LogP contribution in [0.2, 0.25) is 0 Å². The van der Waals surface area contributed by atoms with Crippen molar-refractivity contribution in [3.8, 4) is 5.75 Å². The first-order valence-corrected chi connectivity index (χ1v) is 7.58. The van der Waals surface area contributed by atoms with Gasteiger partial charge in [-0.3, -0.25) is 0 Å². The number of rotatable bonds is 5. The molecule has 2 heteroatoms. The van der Waals surface area contributed by atoms with Crippen LogP contribution in [0.1, 0.15) is 44.6 Å². The first-order valence-electron chi connectivity index (χ1n) is 6.46. The molecule has 0 saturated carbocycles. The standard InChI is InChI=1S/C15H21BrO/c1-3-8-15(2,11-16)9-12-10-17-14-7-5-4-6-13(12)14/h4-7,12H,3,8-11H2,1-2H3. The third-order valence-electron chi connectivity index (χ3n) is 3.71. The maximum atomic E-state index is 5.76. The van der Waals surface area contributed by atoms with Crippen LogP contribution >= 0.6 is 15.9 Å². The fraction of sp³-hybridized carbons (Fsp3) is 0.600. The van der Waals surface area contributed by atoms with Crippen LogP contribution in [0.25, 0.3) is 0 Å². The molecule has 0 N–H and O–H groups in total. The van der Waals surface area contributed by atoms with Crippen molar-refractivity contribution in [1.29, 1.82) is 0 Å². The number of fused-ring (bicyclic) bond motifs is 1. The minimum Gasteiger partial charge on any atom is -0.493 e. The fourth-order valence-corrected chi connectivity index (χ4v) is 3.33. The van der Waals surface area contributed by atoms with Crippen molar-refractivity contribution in [1.82, 2.24) is 0 Å². The molecule has 2 rings (SSSR count). The van der Waals surface area contributed by atoms with Crippen LogP contribution in [0.5, 0.6) is 5.75 Å². The van der Waals surface area contributed by atoms with Gasteiger partial charge in [0.25, 0.3) is 0 Å². The Hall–Kier alpha value is -0.500. The Morgan fingerprint density at radius 1 is 1.41 bits per heavy atom. The number of hydrogen-bond acceptors (Lipinski definition) is 1. The van der Waals surface area contributed by atoms with Gasteiger partial charge in [-0.1, -0.05) is 54.4 Å². The monoisotopic (exact) mass is 296 g/mol. The van der Waals surface area contributed by atoms with E-state index in [-0.39, 0.29) is 0 Å². The van der Waals surface area contributed by atoms with Gasteiger partial charge in [-0.05, 0) is 24.3 Å². The molecule has 0 radical (unpaired) electrons. The van der Waals surface area contributed by atoms with Crippen LogP contribution in [0.4, 0.5) is 0 Å². The Morgan fingerprint density at radius 2 is 2.18 bits per heavy atom. The fourth-order valence-electron chi connectivity index (χ4n) is 2.82. The van der Waals surface area contributed by atoms with Gasteiger partial charge in [0.2, 0.25) is 0 Å². The van der Waals surface area contributed by atoms with Gasteiger partial charge >= 0.3 is 0 Å². The molecule has 0 amide bonds. The van der Waals surface area contributed by atoms with Crippen LogP contribution in [0.15, 0.2) is 24.3 Å². The zero-order valence-electron chi connectivity index (χ0n) is 10.7. The van der Waals surface area contributed by atoms with Gasteiger partial charge in [-0.15, -0.1) is 0 Å². The Labute approximate surface area is 113 Å². The van der Waals surface area contributed by atoms with Gasteiger partial charge < -0.3 is 4.74 Å². The van der Waals surface area contributed by atoms with Gasteiger partial charge in [-0.2, -0.15) is 0 Å². The minimum atomic E-state index is 0.389. The minimum absolute atomic E-state index is 0.389. The topological polar surface area (TPSA) is 9.23 Å². The lowest BCUT2D eigenvalue weighted by atomic mass is 9.78. The first-order chi connectivity index (χ1) is 8.18. The summed E-state index contributed by atoms with van der Waals surface area (Å²) in [7, 11) is 0. The lowest BCUT2D eigenvalue weighted by molar-refractivity contribution is 0.250. The average molecular weight is 297 g/mol. The molecule has 1 aliphatic rings. The second-order valence-electron chi connectivity index (χ2n) is 5.44. The van der Waals surface area contributed by atoms with E-state index in [2.05, 4.69) is 54.0 Å². The molecule has 0 fully saturated rings. The van der Waals surface area contributed by atoms with Crippen molar-refractivity contribution in [3.63, 3.8) is 0 Å². The molecule has 1 aliphatic heterocycles. The molecule has 1 heterocycles. The zero-order valence-corrected chi connectivity index (χ0v) is 12.3. The van der Waals surface area contributed by atoms with Crippen LogP contribution in [-0.2, 0) is 0 Å². The van der Waals surface area contributed by atoms with E-state index < -0.39 is 0 Å². The van der Waals surface area contributed by atoms with Crippen molar-refractivity contribution in [2.45, 2.75) is 39.0 Å². The first kappa shape index (κ1) is 12.9. The Balaban J connectivity index is 2.10. The molecule has 0 spiro atoms. The SMILES string of the molecule is CCCC(C)(CBr)CC1COc2ccccc21. The van der Waals surface area contributed by atoms with E-state index in [1.54, 1.807) is 0 Å². The normalized spacial score (nSPS) is 21.7. The van der Waals surface area contributed by atoms with Crippen LogP contribution in [-0.4, -0.2) is 11.9 Å². The van der Waals surface area contributed by atoms with E-state index in [0.717, 1.165) is 17.7 Å². The molecular weight excluding hydrogens is 276 g/mol. The zero-order chi connectivity index (χ0) is 12.3. The lowest BCUT2D eigenvalue weighted by Gasteiger charge is -2.29. The molecule has 1 aromatic carbocycles. The van der Waals surface area contributed by atoms with Crippen molar-refractivity contribution in [2.24, 2.45) is 5.41 Å². The summed E-state index contributed by atoms with van der Waals surface area (Å²) < 4.78 is 5.76. The smallest absolute Gasteiger partial charge is 0.122 e.